The summed E-state index contributed by atoms with van der Waals surface area (Å²) in [6, 6.07) is 6.95. The normalized spacial score (nSPS) is 10.7. The Hall–Kier alpha value is -3.48. The average molecular weight is 397 g/mol. The van der Waals surface area contributed by atoms with Crippen LogP contribution < -0.4 is 14.8 Å². The quantitative estimate of drug-likeness (QED) is 0.632. The summed E-state index contributed by atoms with van der Waals surface area (Å²) in [5, 5.41) is 3.66. The van der Waals surface area contributed by atoms with Crippen molar-refractivity contribution in [1.29, 1.82) is 0 Å². The van der Waals surface area contributed by atoms with Crippen LogP contribution in [0.4, 0.5) is 5.69 Å². The fraction of sp³-hybridized carbons (Fsp3) is 0.273. The van der Waals surface area contributed by atoms with Crippen molar-refractivity contribution >= 4 is 28.5 Å². The average Bonchev–Trinajstić information content (AvgIpc) is 3.12. The molecule has 1 N–H and O–H groups in total. The van der Waals surface area contributed by atoms with Crippen molar-refractivity contribution in [1.82, 2.24) is 0 Å². The number of carbonyl (C=O) groups excluding carboxylic acids is 2. The lowest BCUT2D eigenvalue weighted by Crippen LogP contribution is -2.17. The lowest BCUT2D eigenvalue weighted by Gasteiger charge is -2.14. The van der Waals surface area contributed by atoms with Crippen molar-refractivity contribution in [3.63, 3.8) is 0 Å². The van der Waals surface area contributed by atoms with E-state index in [1.54, 1.807) is 6.26 Å². The molecule has 29 heavy (non-hydrogen) atoms. The van der Waals surface area contributed by atoms with Crippen molar-refractivity contribution in [2.24, 2.45) is 0 Å². The monoisotopic (exact) mass is 397 g/mol. The summed E-state index contributed by atoms with van der Waals surface area (Å²) >= 11 is 0. The van der Waals surface area contributed by atoms with Gasteiger partial charge in [-0.05, 0) is 25.0 Å². The molecule has 1 amide bonds. The SMILES string of the molecule is COC(=O)c1cc(OC)c(OC)cc1NC(=O)Cc1coc2c(C)c(C)ccc12. The predicted molar refractivity (Wildman–Crippen MR) is 109 cm³/mol. The highest BCUT2D eigenvalue weighted by atomic mass is 16.5. The van der Waals surface area contributed by atoms with Gasteiger partial charge in [0.15, 0.2) is 11.5 Å². The number of nitrogens with one attached hydrogen (secondary N) is 1. The Labute approximate surface area is 168 Å². The molecule has 7 nitrogen and oxygen atoms in total. The fourth-order valence-corrected chi connectivity index (χ4v) is 3.15. The van der Waals surface area contributed by atoms with E-state index in [0.717, 1.165) is 27.7 Å². The highest BCUT2D eigenvalue weighted by Gasteiger charge is 2.20. The third-order valence-electron chi connectivity index (χ3n) is 4.90. The first kappa shape index (κ1) is 20.3. The van der Waals surface area contributed by atoms with Gasteiger partial charge in [0.25, 0.3) is 0 Å². The molecule has 0 spiro atoms. The first-order valence-electron chi connectivity index (χ1n) is 9.00. The number of fused-ring (bicyclic) bond motifs is 1. The van der Waals surface area contributed by atoms with E-state index in [4.69, 9.17) is 18.6 Å². The first-order chi connectivity index (χ1) is 13.9. The number of hydrogen-bond acceptors (Lipinski definition) is 6. The highest BCUT2D eigenvalue weighted by Crippen LogP contribution is 2.34. The largest absolute Gasteiger partial charge is 0.493 e. The van der Waals surface area contributed by atoms with Crippen LogP contribution in [0.5, 0.6) is 11.5 Å². The van der Waals surface area contributed by atoms with Crippen LogP contribution in [0.3, 0.4) is 0 Å². The summed E-state index contributed by atoms with van der Waals surface area (Å²) in [5.41, 5.74) is 4.15. The molecule has 0 saturated heterocycles. The van der Waals surface area contributed by atoms with E-state index in [-0.39, 0.29) is 23.6 Å². The second kappa shape index (κ2) is 8.26. The number of esters is 1. The summed E-state index contributed by atoms with van der Waals surface area (Å²) in [4.78, 5) is 24.9. The standard InChI is InChI=1S/C22H23NO6/c1-12-6-7-15-14(11-29-21(15)13(12)2)8-20(24)23-17-10-19(27-4)18(26-3)9-16(17)22(25)28-5/h6-7,9-11H,8H2,1-5H3,(H,23,24). The third kappa shape index (κ3) is 3.89. The van der Waals surface area contributed by atoms with E-state index in [1.165, 1.54) is 33.5 Å². The van der Waals surface area contributed by atoms with Crippen LogP contribution in [0.2, 0.25) is 0 Å². The Morgan fingerprint density at radius 3 is 2.38 bits per heavy atom. The Morgan fingerprint density at radius 1 is 1.03 bits per heavy atom. The highest BCUT2D eigenvalue weighted by molar-refractivity contribution is 6.03. The molecular weight excluding hydrogens is 374 g/mol. The van der Waals surface area contributed by atoms with E-state index in [1.807, 2.05) is 26.0 Å². The van der Waals surface area contributed by atoms with Gasteiger partial charge in [-0.15, -0.1) is 0 Å². The van der Waals surface area contributed by atoms with Gasteiger partial charge in [0, 0.05) is 23.1 Å². The molecule has 0 aliphatic heterocycles. The second-order valence-corrected chi connectivity index (χ2v) is 6.61. The topological polar surface area (TPSA) is 87.0 Å². The molecule has 0 radical (unpaired) electrons. The summed E-state index contributed by atoms with van der Waals surface area (Å²) in [5.74, 6) is -0.155. The summed E-state index contributed by atoms with van der Waals surface area (Å²) in [6.45, 7) is 3.99. The molecule has 152 valence electrons. The Morgan fingerprint density at radius 2 is 1.72 bits per heavy atom. The van der Waals surface area contributed by atoms with Crippen LogP contribution in [0.25, 0.3) is 11.0 Å². The van der Waals surface area contributed by atoms with Crippen molar-refractivity contribution in [2.45, 2.75) is 20.3 Å². The van der Waals surface area contributed by atoms with Crippen LogP contribution in [0.15, 0.2) is 34.9 Å². The van der Waals surface area contributed by atoms with Crippen LogP contribution in [0.1, 0.15) is 27.0 Å². The van der Waals surface area contributed by atoms with Crippen molar-refractivity contribution < 1.29 is 28.2 Å². The first-order valence-corrected chi connectivity index (χ1v) is 9.00. The zero-order chi connectivity index (χ0) is 21.1. The van der Waals surface area contributed by atoms with Gasteiger partial charge in [0.2, 0.25) is 5.91 Å². The molecule has 0 saturated carbocycles. The van der Waals surface area contributed by atoms with E-state index in [0.29, 0.717) is 11.5 Å². The number of furan rings is 1. The second-order valence-electron chi connectivity index (χ2n) is 6.61. The van der Waals surface area contributed by atoms with Gasteiger partial charge in [-0.25, -0.2) is 4.79 Å². The number of amides is 1. The van der Waals surface area contributed by atoms with Crippen LogP contribution >= 0.6 is 0 Å². The molecule has 3 aromatic rings. The maximum atomic E-state index is 12.7. The molecule has 0 unspecified atom stereocenters. The minimum absolute atomic E-state index is 0.0878. The molecule has 0 aliphatic rings. The minimum Gasteiger partial charge on any atom is -0.493 e. The molecule has 0 aliphatic carbocycles. The number of benzene rings is 2. The summed E-state index contributed by atoms with van der Waals surface area (Å²) in [6.07, 6.45) is 1.68. The molecule has 3 rings (SSSR count). The van der Waals surface area contributed by atoms with Gasteiger partial charge < -0.3 is 23.9 Å². The molecule has 1 heterocycles. The molecule has 2 aromatic carbocycles. The van der Waals surface area contributed by atoms with E-state index >= 15 is 0 Å². The Kier molecular flexibility index (Phi) is 5.77. The van der Waals surface area contributed by atoms with E-state index in [2.05, 4.69) is 5.32 Å². The van der Waals surface area contributed by atoms with E-state index < -0.39 is 5.97 Å². The predicted octanol–water partition coefficient (Wildman–Crippen LogP) is 4.03. The van der Waals surface area contributed by atoms with Crippen LogP contribution in [-0.2, 0) is 16.0 Å². The number of anilines is 1. The number of aryl methyl sites for hydroxylation is 2. The summed E-state index contributed by atoms with van der Waals surface area (Å²) < 4.78 is 21.0. The number of rotatable bonds is 6. The van der Waals surface area contributed by atoms with Crippen molar-refractivity contribution in [3.05, 3.63) is 52.8 Å². The number of methoxy groups -OCH3 is 3. The zero-order valence-corrected chi connectivity index (χ0v) is 17.0. The van der Waals surface area contributed by atoms with Crippen LogP contribution in [-0.4, -0.2) is 33.2 Å². The smallest absolute Gasteiger partial charge is 0.340 e. The van der Waals surface area contributed by atoms with Gasteiger partial charge in [0.05, 0.1) is 45.3 Å². The maximum absolute atomic E-state index is 12.7. The van der Waals surface area contributed by atoms with Gasteiger partial charge in [-0.2, -0.15) is 0 Å². The summed E-state index contributed by atoms with van der Waals surface area (Å²) in [7, 11) is 4.21. The van der Waals surface area contributed by atoms with Gasteiger partial charge >= 0.3 is 5.97 Å². The van der Waals surface area contributed by atoms with Crippen molar-refractivity contribution in [2.75, 3.05) is 26.6 Å². The lowest BCUT2D eigenvalue weighted by atomic mass is 10.0. The molecular formula is C22H23NO6. The third-order valence-corrected chi connectivity index (χ3v) is 4.90. The van der Waals surface area contributed by atoms with Crippen LogP contribution in [0, 0.1) is 13.8 Å². The van der Waals surface area contributed by atoms with Gasteiger partial charge in [-0.1, -0.05) is 12.1 Å². The van der Waals surface area contributed by atoms with Gasteiger partial charge in [-0.3, -0.25) is 4.79 Å². The molecule has 0 atom stereocenters. The van der Waals surface area contributed by atoms with E-state index in [9.17, 15) is 9.59 Å². The fourth-order valence-electron chi connectivity index (χ4n) is 3.15. The maximum Gasteiger partial charge on any atom is 0.340 e. The Bertz CT molecular complexity index is 1080. The number of carbonyl (C=O) groups is 2. The molecule has 7 heteroatoms. The Balaban J connectivity index is 1.91. The lowest BCUT2D eigenvalue weighted by molar-refractivity contribution is -0.115. The molecule has 0 bridgehead atoms. The number of hydrogen-bond donors (Lipinski definition) is 1. The van der Waals surface area contributed by atoms with Crippen molar-refractivity contribution in [3.8, 4) is 11.5 Å². The molecule has 0 fully saturated rings. The number of ether oxygens (including phenoxy) is 3. The molecule has 1 aromatic heterocycles. The van der Waals surface area contributed by atoms with Gasteiger partial charge in [0.1, 0.15) is 5.58 Å². The minimum atomic E-state index is -0.596. The zero-order valence-electron chi connectivity index (χ0n) is 17.0.